The Labute approximate surface area is 191 Å². The van der Waals surface area contributed by atoms with Crippen molar-refractivity contribution in [3.63, 3.8) is 0 Å². The number of carbonyl (C=O) groups excluding carboxylic acids is 4. The van der Waals surface area contributed by atoms with Crippen LogP contribution in [0.2, 0.25) is 0 Å². The molecule has 0 bridgehead atoms. The summed E-state index contributed by atoms with van der Waals surface area (Å²) in [6.45, 7) is 7.80. The van der Waals surface area contributed by atoms with Gasteiger partial charge in [-0.2, -0.15) is 0 Å². The van der Waals surface area contributed by atoms with Gasteiger partial charge in [-0.25, -0.2) is 0 Å². The molecule has 1 aromatic carbocycles. The summed E-state index contributed by atoms with van der Waals surface area (Å²) in [6.07, 6.45) is 1.02. The number of nitrogens with zero attached hydrogens (tertiary/aromatic N) is 1. The Hall–Kier alpha value is -2.42. The van der Waals surface area contributed by atoms with Crippen LogP contribution in [-0.2, 0) is 23.9 Å². The van der Waals surface area contributed by atoms with Crippen molar-refractivity contribution in [2.24, 2.45) is 11.3 Å². The Morgan fingerprint density at radius 3 is 2.35 bits per heavy atom. The van der Waals surface area contributed by atoms with Crippen molar-refractivity contribution in [3.8, 4) is 0 Å². The van der Waals surface area contributed by atoms with Crippen LogP contribution in [0.15, 0.2) is 22.7 Å². The quantitative estimate of drug-likeness (QED) is 0.590. The number of benzene rings is 1. The van der Waals surface area contributed by atoms with Crippen LogP contribution < -0.4 is 10.6 Å². The number of aryl methyl sites for hydroxylation is 1. The van der Waals surface area contributed by atoms with E-state index in [1.165, 1.54) is 0 Å². The Kier molecular flexibility index (Phi) is 8.61. The number of hydrogen-bond acceptors (Lipinski definition) is 5. The van der Waals surface area contributed by atoms with Gasteiger partial charge in [-0.3, -0.25) is 19.2 Å². The van der Waals surface area contributed by atoms with E-state index in [9.17, 15) is 19.2 Å². The van der Waals surface area contributed by atoms with Gasteiger partial charge in [0.1, 0.15) is 0 Å². The molecule has 0 spiro atoms. The van der Waals surface area contributed by atoms with Crippen LogP contribution in [0.4, 0.5) is 5.69 Å². The molecule has 2 N–H and O–H groups in total. The van der Waals surface area contributed by atoms with Crippen LogP contribution in [-0.4, -0.2) is 54.8 Å². The second kappa shape index (κ2) is 10.7. The van der Waals surface area contributed by atoms with Crippen LogP contribution >= 0.6 is 15.9 Å². The van der Waals surface area contributed by atoms with Crippen molar-refractivity contribution >= 4 is 45.3 Å². The minimum Gasteiger partial charge on any atom is -0.455 e. The molecule has 1 aliphatic heterocycles. The van der Waals surface area contributed by atoms with Gasteiger partial charge < -0.3 is 20.3 Å². The van der Waals surface area contributed by atoms with Crippen molar-refractivity contribution < 1.29 is 23.9 Å². The molecule has 1 aliphatic rings. The maximum Gasteiger partial charge on any atom is 0.309 e. The van der Waals surface area contributed by atoms with E-state index in [4.69, 9.17) is 4.74 Å². The molecular formula is C22H30BrN3O5. The van der Waals surface area contributed by atoms with Crippen molar-refractivity contribution in [3.05, 3.63) is 28.2 Å². The first kappa shape index (κ1) is 24.8. The molecule has 8 nitrogen and oxygen atoms in total. The van der Waals surface area contributed by atoms with Gasteiger partial charge in [0.05, 0.1) is 12.5 Å². The van der Waals surface area contributed by atoms with E-state index in [1.54, 1.807) is 11.0 Å². The van der Waals surface area contributed by atoms with Crippen LogP contribution in [0.1, 0.15) is 39.2 Å². The van der Waals surface area contributed by atoms with E-state index >= 15 is 0 Å². The fourth-order valence-corrected chi connectivity index (χ4v) is 3.71. The molecule has 0 unspecified atom stereocenters. The predicted molar refractivity (Wildman–Crippen MR) is 120 cm³/mol. The summed E-state index contributed by atoms with van der Waals surface area (Å²) in [7, 11) is 0. The van der Waals surface area contributed by atoms with Gasteiger partial charge in [0, 0.05) is 28.7 Å². The van der Waals surface area contributed by atoms with E-state index in [0.29, 0.717) is 31.6 Å². The number of anilines is 1. The number of esters is 1. The van der Waals surface area contributed by atoms with E-state index in [1.807, 2.05) is 39.8 Å². The highest BCUT2D eigenvalue weighted by Crippen LogP contribution is 2.24. The van der Waals surface area contributed by atoms with Gasteiger partial charge in [0.2, 0.25) is 11.8 Å². The SMILES string of the molecule is Cc1cc(Br)ccc1NC(=O)CNC(=O)COC(=O)C1CCN(C(=O)C(C)(C)C)CC1. The molecule has 31 heavy (non-hydrogen) atoms. The normalized spacial score (nSPS) is 14.7. The number of ether oxygens (including phenoxy) is 1. The number of likely N-dealkylation sites (tertiary alicyclic amines) is 1. The Morgan fingerprint density at radius 1 is 1.13 bits per heavy atom. The van der Waals surface area contributed by atoms with Gasteiger partial charge in [-0.15, -0.1) is 0 Å². The molecule has 170 valence electrons. The van der Waals surface area contributed by atoms with E-state index < -0.39 is 23.9 Å². The zero-order valence-electron chi connectivity index (χ0n) is 18.4. The molecule has 0 aromatic heterocycles. The molecule has 1 aromatic rings. The predicted octanol–water partition coefficient (Wildman–Crippen LogP) is 2.64. The summed E-state index contributed by atoms with van der Waals surface area (Å²) in [6, 6.07) is 5.45. The number of hydrogen-bond donors (Lipinski definition) is 2. The van der Waals surface area contributed by atoms with Gasteiger partial charge in [-0.05, 0) is 43.5 Å². The first-order chi connectivity index (χ1) is 14.5. The van der Waals surface area contributed by atoms with Crippen LogP contribution in [0.3, 0.4) is 0 Å². The molecule has 9 heteroatoms. The van der Waals surface area contributed by atoms with Crippen molar-refractivity contribution in [1.29, 1.82) is 0 Å². The minimum atomic E-state index is -0.545. The third kappa shape index (κ3) is 7.65. The lowest BCUT2D eigenvalue weighted by molar-refractivity contribution is -0.155. The first-order valence-electron chi connectivity index (χ1n) is 10.3. The molecule has 2 rings (SSSR count). The number of nitrogens with one attached hydrogen (secondary N) is 2. The zero-order valence-corrected chi connectivity index (χ0v) is 20.0. The van der Waals surface area contributed by atoms with E-state index in [2.05, 4.69) is 26.6 Å². The zero-order chi connectivity index (χ0) is 23.2. The highest BCUT2D eigenvalue weighted by atomic mass is 79.9. The third-order valence-electron chi connectivity index (χ3n) is 5.01. The van der Waals surface area contributed by atoms with Crippen molar-refractivity contribution in [2.45, 2.75) is 40.5 Å². The summed E-state index contributed by atoms with van der Waals surface area (Å²) in [5.41, 5.74) is 1.09. The van der Waals surface area contributed by atoms with Crippen molar-refractivity contribution in [1.82, 2.24) is 10.2 Å². The average Bonchev–Trinajstić information content (AvgIpc) is 2.71. The fourth-order valence-electron chi connectivity index (χ4n) is 3.24. The average molecular weight is 496 g/mol. The lowest BCUT2D eigenvalue weighted by Gasteiger charge is -2.34. The van der Waals surface area contributed by atoms with Crippen molar-refractivity contribution in [2.75, 3.05) is 31.6 Å². The van der Waals surface area contributed by atoms with Gasteiger partial charge in [-0.1, -0.05) is 36.7 Å². The smallest absolute Gasteiger partial charge is 0.309 e. The van der Waals surface area contributed by atoms with E-state index in [-0.39, 0.29) is 24.3 Å². The largest absolute Gasteiger partial charge is 0.455 e. The van der Waals surface area contributed by atoms with Crippen LogP contribution in [0, 0.1) is 18.3 Å². The summed E-state index contributed by atoms with van der Waals surface area (Å²) in [5.74, 6) is -1.64. The Bertz CT molecular complexity index is 842. The Morgan fingerprint density at radius 2 is 1.77 bits per heavy atom. The lowest BCUT2D eigenvalue weighted by atomic mass is 9.91. The minimum absolute atomic E-state index is 0.0651. The van der Waals surface area contributed by atoms with E-state index in [0.717, 1.165) is 10.0 Å². The second-order valence-corrected chi connectivity index (χ2v) is 9.62. The maximum atomic E-state index is 12.3. The molecule has 1 saturated heterocycles. The molecule has 3 amide bonds. The lowest BCUT2D eigenvalue weighted by Crippen LogP contribution is -2.45. The second-order valence-electron chi connectivity index (χ2n) is 8.71. The first-order valence-corrected chi connectivity index (χ1v) is 11.1. The summed E-state index contributed by atoms with van der Waals surface area (Å²) in [5, 5.41) is 5.16. The topological polar surface area (TPSA) is 105 Å². The molecule has 1 fully saturated rings. The number of amides is 3. The number of piperidine rings is 1. The Balaban J connectivity index is 1.68. The molecule has 0 atom stereocenters. The maximum absolute atomic E-state index is 12.3. The van der Waals surface area contributed by atoms with Crippen LogP contribution in [0.25, 0.3) is 0 Å². The summed E-state index contributed by atoms with van der Waals surface area (Å²) >= 11 is 3.36. The number of carbonyl (C=O) groups is 4. The molecule has 0 aliphatic carbocycles. The monoisotopic (exact) mass is 495 g/mol. The standard InChI is InChI=1S/C22H30BrN3O5/c1-14-11-16(23)5-6-17(14)25-18(27)12-24-19(28)13-31-20(29)15-7-9-26(10-8-15)21(30)22(2,3)4/h5-6,11,15H,7-10,12-13H2,1-4H3,(H,24,28)(H,25,27). The summed E-state index contributed by atoms with van der Waals surface area (Å²) in [4.78, 5) is 50.2. The van der Waals surface area contributed by atoms with Gasteiger partial charge in [0.25, 0.3) is 5.91 Å². The molecule has 0 saturated carbocycles. The highest BCUT2D eigenvalue weighted by Gasteiger charge is 2.33. The third-order valence-corrected chi connectivity index (χ3v) is 5.50. The summed E-state index contributed by atoms with van der Waals surface area (Å²) < 4.78 is 6.00. The molecular weight excluding hydrogens is 466 g/mol. The van der Waals surface area contributed by atoms with Gasteiger partial charge in [0.15, 0.2) is 6.61 Å². The molecule has 1 heterocycles. The van der Waals surface area contributed by atoms with Crippen LogP contribution in [0.5, 0.6) is 0 Å². The van der Waals surface area contributed by atoms with Gasteiger partial charge >= 0.3 is 5.97 Å². The molecule has 0 radical (unpaired) electrons. The number of rotatable bonds is 6. The fraction of sp³-hybridized carbons (Fsp3) is 0.545. The number of halogens is 1. The highest BCUT2D eigenvalue weighted by molar-refractivity contribution is 9.10.